The third-order valence-electron chi connectivity index (χ3n) is 6.38. The number of aliphatic imine (C=N–C) groups is 1. The van der Waals surface area contributed by atoms with E-state index in [1.165, 1.54) is 47.4 Å². The number of hydrogen-bond donors (Lipinski definition) is 4. The van der Waals surface area contributed by atoms with Gasteiger partial charge in [0.2, 0.25) is 0 Å². The number of amides is 1. The van der Waals surface area contributed by atoms with Crippen LogP contribution in [-0.4, -0.2) is 64.0 Å². The molecule has 0 aliphatic heterocycles. The molecule has 2 fully saturated rings. The summed E-state index contributed by atoms with van der Waals surface area (Å²) in [4.78, 5) is 15.1. The molecule has 1 atom stereocenters. The number of rotatable bonds is 13. The number of nitrogens with zero attached hydrogens (tertiary/aromatic N) is 2. The van der Waals surface area contributed by atoms with E-state index in [0.29, 0.717) is 11.7 Å². The van der Waals surface area contributed by atoms with Gasteiger partial charge in [0.05, 0.1) is 18.0 Å². The van der Waals surface area contributed by atoms with Crippen LogP contribution in [0.5, 0.6) is 0 Å². The zero-order valence-corrected chi connectivity index (χ0v) is 21.1. The first kappa shape index (κ1) is 27.2. The molecule has 4 bridgehead atoms. The number of allylic oxidation sites excluding steroid dienone is 4. The number of carbonyl (C=O) groups is 1. The van der Waals surface area contributed by atoms with Crippen LogP contribution >= 0.6 is 11.9 Å². The van der Waals surface area contributed by atoms with Crippen LogP contribution < -0.4 is 11.5 Å². The smallest absolute Gasteiger partial charge is 0.275 e. The number of carbonyl (C=O) groups excluding carboxylic acids is 1. The molecule has 0 saturated heterocycles. The number of hydrogen-bond acceptors (Lipinski definition) is 6. The normalized spacial score (nSPS) is 22.7. The van der Waals surface area contributed by atoms with Crippen molar-refractivity contribution in [1.29, 1.82) is 0 Å². The minimum absolute atomic E-state index is 0.163. The number of guanidine groups is 1. The summed E-state index contributed by atoms with van der Waals surface area (Å²) in [5.41, 5.74) is 16.0. The van der Waals surface area contributed by atoms with Gasteiger partial charge in [-0.05, 0) is 80.9 Å². The lowest BCUT2D eigenvalue weighted by Crippen LogP contribution is -2.36. The largest absolute Gasteiger partial charge is 0.486 e. The minimum Gasteiger partial charge on any atom is -0.486 e. The van der Waals surface area contributed by atoms with E-state index in [1.54, 1.807) is 0 Å². The molecule has 0 heterocycles. The van der Waals surface area contributed by atoms with E-state index in [0.717, 1.165) is 44.9 Å². The van der Waals surface area contributed by atoms with Crippen molar-refractivity contribution < 1.29 is 24.1 Å². The van der Waals surface area contributed by atoms with Crippen LogP contribution in [0.15, 0.2) is 63.2 Å². The van der Waals surface area contributed by atoms with Gasteiger partial charge in [-0.25, -0.2) is 4.39 Å². The van der Waals surface area contributed by atoms with Crippen molar-refractivity contribution in [3.63, 3.8) is 0 Å². The number of aliphatic hydroxyl groups excluding tert-OH is 2. The van der Waals surface area contributed by atoms with Crippen LogP contribution in [0.25, 0.3) is 0 Å². The van der Waals surface area contributed by atoms with Crippen LogP contribution in [0.2, 0.25) is 0 Å². The van der Waals surface area contributed by atoms with Gasteiger partial charge in [-0.1, -0.05) is 24.1 Å². The van der Waals surface area contributed by atoms with Gasteiger partial charge in [0.15, 0.2) is 11.8 Å². The SMILES string of the molecule is C\C(=C/C=C/C(F)=C/OC1C2=C3CCC(=C1C2)C3SN(C)CCCCC(O)CO)C(=O)N=C(N)N. The lowest BCUT2D eigenvalue weighted by Gasteiger charge is -2.42. The Balaban J connectivity index is 1.51. The van der Waals surface area contributed by atoms with Crippen molar-refractivity contribution in [2.24, 2.45) is 16.5 Å². The predicted octanol–water partition coefficient (Wildman–Crippen LogP) is 2.76. The molecule has 4 aliphatic carbocycles. The average Bonchev–Trinajstić information content (AvgIpc) is 2.98. The molecule has 10 heteroatoms. The van der Waals surface area contributed by atoms with Crippen molar-refractivity contribution in [2.75, 3.05) is 20.2 Å². The van der Waals surface area contributed by atoms with Crippen molar-refractivity contribution in [2.45, 2.75) is 62.9 Å². The summed E-state index contributed by atoms with van der Waals surface area (Å²) >= 11 is 1.83. The lowest BCUT2D eigenvalue weighted by molar-refractivity contribution is -0.114. The molecule has 4 rings (SSSR count). The number of unbranched alkanes of at least 4 members (excludes halogenated alkanes) is 1. The molecule has 192 valence electrons. The van der Waals surface area contributed by atoms with Gasteiger partial charge in [-0.2, -0.15) is 4.99 Å². The zero-order chi connectivity index (χ0) is 25.5. The molecule has 0 aromatic rings. The summed E-state index contributed by atoms with van der Waals surface area (Å²) in [6, 6.07) is 0. The fourth-order valence-corrected chi connectivity index (χ4v) is 5.88. The first-order valence-electron chi connectivity index (χ1n) is 11.8. The van der Waals surface area contributed by atoms with Gasteiger partial charge in [0.25, 0.3) is 5.91 Å². The van der Waals surface area contributed by atoms with E-state index in [2.05, 4.69) is 16.3 Å². The van der Waals surface area contributed by atoms with Gasteiger partial charge in [-0.15, -0.1) is 0 Å². The molecule has 4 aliphatic rings. The lowest BCUT2D eigenvalue weighted by atomic mass is 9.73. The Morgan fingerprint density at radius 2 is 1.97 bits per heavy atom. The first-order chi connectivity index (χ1) is 16.7. The second-order valence-corrected chi connectivity index (χ2v) is 10.3. The van der Waals surface area contributed by atoms with Crippen molar-refractivity contribution in [1.82, 2.24) is 4.31 Å². The molecule has 0 aromatic carbocycles. The maximum atomic E-state index is 14.2. The summed E-state index contributed by atoms with van der Waals surface area (Å²) < 4.78 is 22.3. The third kappa shape index (κ3) is 7.07. The van der Waals surface area contributed by atoms with E-state index in [1.807, 2.05) is 11.9 Å². The molecule has 6 N–H and O–H groups in total. The Morgan fingerprint density at radius 3 is 2.60 bits per heavy atom. The summed E-state index contributed by atoms with van der Waals surface area (Å²) in [6.07, 6.45) is 9.85. The van der Waals surface area contributed by atoms with E-state index >= 15 is 0 Å². The maximum absolute atomic E-state index is 14.2. The standard InChI is InChI=1S/C25H35FN4O4S/c1-15(24(33)29-25(27)28)6-5-7-16(26)14-34-22-20-12-21(22)19-10-9-18(20)23(19)35-30(2)11-4-3-8-17(32)13-31/h5-7,14,17,22-23,31-32H,3-4,8-13H2,1-2H3,(H4,27,28,29,33)/b7-5+,15-6+,16-14-. The van der Waals surface area contributed by atoms with Crippen LogP contribution in [0.4, 0.5) is 4.39 Å². The molecular weight excluding hydrogens is 471 g/mol. The van der Waals surface area contributed by atoms with E-state index < -0.39 is 17.8 Å². The van der Waals surface area contributed by atoms with Gasteiger partial charge in [0.1, 0.15) is 12.4 Å². The molecule has 8 nitrogen and oxygen atoms in total. The monoisotopic (exact) mass is 506 g/mol. The van der Waals surface area contributed by atoms with Crippen molar-refractivity contribution >= 4 is 23.8 Å². The topological polar surface area (TPSA) is 134 Å². The van der Waals surface area contributed by atoms with E-state index in [9.17, 15) is 14.3 Å². The fourth-order valence-electron chi connectivity index (χ4n) is 4.50. The van der Waals surface area contributed by atoms with Gasteiger partial charge >= 0.3 is 0 Å². The average molecular weight is 507 g/mol. The second kappa shape index (κ2) is 12.5. The van der Waals surface area contributed by atoms with Crippen LogP contribution in [0.3, 0.4) is 0 Å². The molecule has 1 unspecified atom stereocenters. The highest BCUT2D eigenvalue weighted by molar-refractivity contribution is 7.98. The third-order valence-corrected chi connectivity index (χ3v) is 7.70. The Kier molecular flexibility index (Phi) is 9.73. The fraction of sp³-hybridized carbons (Fsp3) is 0.520. The van der Waals surface area contributed by atoms with Crippen LogP contribution in [-0.2, 0) is 9.53 Å². The Hall–Kier alpha value is -2.40. The van der Waals surface area contributed by atoms with E-state index in [4.69, 9.17) is 21.3 Å². The van der Waals surface area contributed by atoms with Crippen LogP contribution in [0, 0.1) is 0 Å². The van der Waals surface area contributed by atoms with Gasteiger partial charge < -0.3 is 26.4 Å². The molecule has 35 heavy (non-hydrogen) atoms. The first-order valence-corrected chi connectivity index (χ1v) is 12.6. The van der Waals surface area contributed by atoms with E-state index in [-0.39, 0.29) is 24.2 Å². The number of halogens is 1. The highest BCUT2D eigenvalue weighted by Gasteiger charge is 2.48. The molecule has 0 radical (unpaired) electrons. The minimum atomic E-state index is -0.625. The van der Waals surface area contributed by atoms with Gasteiger partial charge in [-0.3, -0.25) is 9.10 Å². The Morgan fingerprint density at radius 1 is 1.29 bits per heavy atom. The van der Waals surface area contributed by atoms with Gasteiger partial charge in [0, 0.05) is 12.1 Å². The quantitative estimate of drug-likeness (QED) is 0.0438. The summed E-state index contributed by atoms with van der Waals surface area (Å²) in [7, 11) is 2.09. The summed E-state index contributed by atoms with van der Waals surface area (Å²) in [5.74, 6) is -1.44. The number of aliphatic hydroxyl groups is 2. The number of ether oxygens (including phenoxy) is 1. The zero-order valence-electron chi connectivity index (χ0n) is 20.2. The predicted molar refractivity (Wildman–Crippen MR) is 137 cm³/mol. The second-order valence-electron chi connectivity index (χ2n) is 9.02. The molecule has 0 aromatic heterocycles. The highest BCUT2D eigenvalue weighted by Crippen LogP contribution is 2.56. The van der Waals surface area contributed by atoms with Crippen molar-refractivity contribution in [3.05, 3.63) is 58.2 Å². The maximum Gasteiger partial charge on any atom is 0.275 e. The summed E-state index contributed by atoms with van der Waals surface area (Å²) in [5, 5.41) is 18.7. The van der Waals surface area contributed by atoms with Crippen molar-refractivity contribution in [3.8, 4) is 0 Å². The molecular formula is C25H35FN4O4S. The Labute approximate surface area is 210 Å². The Bertz CT molecular complexity index is 969. The number of nitrogens with two attached hydrogens (primary N) is 2. The molecule has 2 saturated carbocycles. The highest BCUT2D eigenvalue weighted by atomic mass is 32.2. The molecule has 0 spiro atoms. The summed E-state index contributed by atoms with van der Waals surface area (Å²) in [6.45, 7) is 2.27. The van der Waals surface area contributed by atoms with Crippen LogP contribution in [0.1, 0.15) is 45.4 Å². The molecule has 1 amide bonds.